The Morgan fingerprint density at radius 2 is 0.707 bits per heavy atom. The summed E-state index contributed by atoms with van der Waals surface area (Å²) in [6, 6.07) is -1.01. The number of hydrogen-bond acceptors (Lipinski definition) is 18. The van der Waals surface area contributed by atoms with Gasteiger partial charge in [-0.3, -0.25) is 4.79 Å². The van der Waals surface area contributed by atoms with Crippen LogP contribution in [0.15, 0.2) is 134 Å². The first-order chi connectivity index (χ1) is 48.3. The molecule has 0 aromatic heterocycles. The minimum absolute atomic E-state index is 0.218. The number of allylic oxidation sites excluding steroid dienone is 21. The van der Waals surface area contributed by atoms with Crippen molar-refractivity contribution in [3.05, 3.63) is 134 Å². The molecule has 19 heteroatoms. The Kier molecular flexibility index (Phi) is 53.4. The third-order valence-electron chi connectivity index (χ3n) is 17.9. The van der Waals surface area contributed by atoms with Gasteiger partial charge in [0.15, 0.2) is 18.9 Å². The lowest BCUT2D eigenvalue weighted by molar-refractivity contribution is -0.379. The molecule has 19 nitrogen and oxygen atoms in total. The van der Waals surface area contributed by atoms with E-state index in [2.05, 4.69) is 141 Å². The molecular weight excluding hydrogens is 1260 g/mol. The van der Waals surface area contributed by atoms with Gasteiger partial charge in [-0.1, -0.05) is 250 Å². The van der Waals surface area contributed by atoms with Gasteiger partial charge in [-0.15, -0.1) is 0 Å². The molecule has 3 heterocycles. The Labute approximate surface area is 594 Å². The molecule has 99 heavy (non-hydrogen) atoms. The Morgan fingerprint density at radius 3 is 1.13 bits per heavy atom. The van der Waals surface area contributed by atoms with Crippen LogP contribution in [0.4, 0.5) is 0 Å². The lowest BCUT2D eigenvalue weighted by atomic mass is 9.96. The van der Waals surface area contributed by atoms with Crippen molar-refractivity contribution >= 4 is 5.91 Å². The number of carbonyl (C=O) groups is 1. The largest absolute Gasteiger partial charge is 0.394 e. The zero-order valence-corrected chi connectivity index (χ0v) is 60.2. The summed E-state index contributed by atoms with van der Waals surface area (Å²) in [5.74, 6) is -0.300. The van der Waals surface area contributed by atoms with E-state index < -0.39 is 124 Å². The van der Waals surface area contributed by atoms with Gasteiger partial charge in [0, 0.05) is 6.42 Å². The van der Waals surface area contributed by atoms with E-state index in [0.29, 0.717) is 12.8 Å². The van der Waals surface area contributed by atoms with Crippen molar-refractivity contribution in [1.29, 1.82) is 0 Å². The molecule has 0 bridgehead atoms. The second kappa shape index (κ2) is 59.3. The number of carbonyl (C=O) groups excluding carboxylic acids is 1. The Balaban J connectivity index is 1.39. The fraction of sp³-hybridized carbons (Fsp3) is 0.713. The van der Waals surface area contributed by atoms with Crippen LogP contribution in [0.3, 0.4) is 0 Å². The standard InChI is InChI=1S/C80H133NO18/c1-3-5-7-9-11-13-15-17-19-21-23-24-25-26-27-28-29-30-31-32-33-34-35-36-37-38-40-42-44-46-48-50-52-54-56-58-68(86)81-63(64(85)57-55-53-51-49-47-45-43-41-39-22-20-18-16-14-12-10-8-6-4-2)62-94-78-74(92)71(89)76(66(60-83)96-78)99-80-75(93)72(90)77(67(61-84)97-80)98-79-73(91)70(88)69(87)65(59-82)95-79/h5,7,11,13,17,19,23-24,26-27,29-30,32-33,35-36,39,41,47,49,55,57,63-67,69-80,82-85,87-93H,3-4,6,8-10,12,14-16,18,20-22,25,28,31,34,37-38,40,42-46,48,50-54,56,58-62H2,1-2H3,(H,81,86)/b7-5-,13-11-,19-17-,24-23-,27-26-,30-29-,33-32-,36-35-,41-39+,49-47+,57-55+. The van der Waals surface area contributed by atoms with Gasteiger partial charge in [-0.2, -0.15) is 0 Å². The number of ether oxygens (including phenoxy) is 6. The van der Waals surface area contributed by atoms with Gasteiger partial charge < -0.3 is 89.9 Å². The van der Waals surface area contributed by atoms with Gasteiger partial charge in [0.05, 0.1) is 38.6 Å². The molecule has 0 radical (unpaired) electrons. The minimum Gasteiger partial charge on any atom is -0.394 e. The second-order valence-electron chi connectivity index (χ2n) is 26.4. The van der Waals surface area contributed by atoms with Crippen molar-refractivity contribution in [2.24, 2.45) is 0 Å². The van der Waals surface area contributed by atoms with Crippen molar-refractivity contribution in [2.75, 3.05) is 26.4 Å². The van der Waals surface area contributed by atoms with Gasteiger partial charge in [-0.05, 0) is 109 Å². The average Bonchev–Trinajstić information content (AvgIpc) is 0.784. The van der Waals surface area contributed by atoms with E-state index in [1.54, 1.807) is 6.08 Å². The molecule has 0 spiro atoms. The van der Waals surface area contributed by atoms with Gasteiger partial charge in [0.25, 0.3) is 0 Å². The van der Waals surface area contributed by atoms with Crippen LogP contribution in [0.2, 0.25) is 0 Å². The van der Waals surface area contributed by atoms with E-state index in [-0.39, 0.29) is 18.9 Å². The summed E-state index contributed by atoms with van der Waals surface area (Å²) in [4.78, 5) is 13.4. The fourth-order valence-electron chi connectivity index (χ4n) is 11.8. The van der Waals surface area contributed by atoms with Gasteiger partial charge in [-0.25, -0.2) is 0 Å². The smallest absolute Gasteiger partial charge is 0.220 e. The van der Waals surface area contributed by atoms with Crippen molar-refractivity contribution in [1.82, 2.24) is 5.32 Å². The summed E-state index contributed by atoms with van der Waals surface area (Å²) >= 11 is 0. The van der Waals surface area contributed by atoms with Crippen LogP contribution < -0.4 is 5.32 Å². The molecule has 3 aliphatic rings. The molecule has 12 N–H and O–H groups in total. The summed E-state index contributed by atoms with van der Waals surface area (Å²) in [6.07, 6.45) is 57.1. The third kappa shape index (κ3) is 40.0. The van der Waals surface area contributed by atoms with E-state index in [9.17, 15) is 61.0 Å². The molecule has 3 saturated heterocycles. The van der Waals surface area contributed by atoms with Crippen molar-refractivity contribution < 1.29 is 89.4 Å². The highest BCUT2D eigenvalue weighted by Gasteiger charge is 2.53. The number of amides is 1. The molecule has 3 fully saturated rings. The quantitative estimate of drug-likeness (QED) is 0.0199. The molecule has 0 aromatic rings. The highest BCUT2D eigenvalue weighted by atomic mass is 16.8. The first-order valence-electron chi connectivity index (χ1n) is 37.9. The number of aliphatic hydroxyl groups is 11. The lowest BCUT2D eigenvalue weighted by Crippen LogP contribution is -2.66. The summed E-state index contributed by atoms with van der Waals surface area (Å²) in [5, 5.41) is 121. The second-order valence-corrected chi connectivity index (χ2v) is 26.4. The monoisotopic (exact) mass is 1400 g/mol. The molecule has 3 rings (SSSR count). The van der Waals surface area contributed by atoms with Crippen molar-refractivity contribution in [3.8, 4) is 0 Å². The third-order valence-corrected chi connectivity index (χ3v) is 17.9. The Bertz CT molecular complexity index is 2310. The van der Waals surface area contributed by atoms with Crippen LogP contribution in [-0.2, 0) is 33.2 Å². The Morgan fingerprint density at radius 1 is 0.374 bits per heavy atom. The maximum atomic E-state index is 13.4. The SMILES string of the molecule is CC/C=C\C/C=C\C/C=C\C/C=C\C/C=C\C/C=C\C/C=C\C/C=C\CCCCCCCCCCCCC(=O)NC(COC1OC(CO)C(OC2OC(CO)C(OC3OC(CO)C(O)C(O)C3O)C(O)C2O)C(O)C1O)C(O)/C=C/CC/C=C/CC/C=C/CCCCCCCCCCC. The zero-order valence-electron chi connectivity index (χ0n) is 60.2. The first kappa shape index (κ1) is 89.1. The summed E-state index contributed by atoms with van der Waals surface area (Å²) in [7, 11) is 0. The fourth-order valence-corrected chi connectivity index (χ4v) is 11.8. The Hall–Kier alpha value is -4.07. The van der Waals surface area contributed by atoms with Crippen LogP contribution in [0, 0.1) is 0 Å². The van der Waals surface area contributed by atoms with E-state index in [1.807, 2.05) is 6.08 Å². The molecule has 0 saturated carbocycles. The number of nitrogens with one attached hydrogen (secondary N) is 1. The predicted molar refractivity (Wildman–Crippen MR) is 392 cm³/mol. The number of hydrogen-bond donors (Lipinski definition) is 12. The van der Waals surface area contributed by atoms with Crippen LogP contribution in [0.5, 0.6) is 0 Å². The maximum absolute atomic E-state index is 13.4. The molecule has 566 valence electrons. The van der Waals surface area contributed by atoms with Crippen LogP contribution >= 0.6 is 0 Å². The van der Waals surface area contributed by atoms with Crippen molar-refractivity contribution in [3.63, 3.8) is 0 Å². The maximum Gasteiger partial charge on any atom is 0.220 e. The number of rotatable bonds is 57. The number of aliphatic hydroxyl groups excluding tert-OH is 11. The molecule has 0 aromatic carbocycles. The lowest BCUT2D eigenvalue weighted by Gasteiger charge is -2.48. The van der Waals surface area contributed by atoms with Gasteiger partial charge >= 0.3 is 0 Å². The molecule has 3 aliphatic heterocycles. The summed E-state index contributed by atoms with van der Waals surface area (Å²) in [6.45, 7) is 1.58. The highest BCUT2D eigenvalue weighted by Crippen LogP contribution is 2.33. The number of unbranched alkanes of at least 4 members (excludes halogenated alkanes) is 21. The van der Waals surface area contributed by atoms with E-state index in [4.69, 9.17) is 28.4 Å². The predicted octanol–water partition coefficient (Wildman–Crippen LogP) is 11.7. The molecule has 1 amide bonds. The van der Waals surface area contributed by atoms with Crippen molar-refractivity contribution in [2.45, 2.75) is 336 Å². The molecule has 17 unspecified atom stereocenters. The topological polar surface area (TPSA) is 307 Å². The average molecular weight is 1400 g/mol. The normalized spacial score (nSPS) is 27.4. The van der Waals surface area contributed by atoms with Crippen LogP contribution in [0.1, 0.15) is 232 Å². The first-order valence-corrected chi connectivity index (χ1v) is 37.9. The zero-order chi connectivity index (χ0) is 71.8. The van der Waals surface area contributed by atoms with Crippen LogP contribution in [0.25, 0.3) is 0 Å². The summed E-state index contributed by atoms with van der Waals surface area (Å²) < 4.78 is 34.4. The van der Waals surface area contributed by atoms with Gasteiger partial charge in [0.1, 0.15) is 73.2 Å². The highest BCUT2D eigenvalue weighted by molar-refractivity contribution is 5.76. The molecule has 0 aliphatic carbocycles. The summed E-state index contributed by atoms with van der Waals surface area (Å²) in [5.41, 5.74) is 0. The minimum atomic E-state index is -1.99. The van der Waals surface area contributed by atoms with E-state index >= 15 is 0 Å². The molecular formula is C80H133NO18. The van der Waals surface area contributed by atoms with Gasteiger partial charge in [0.2, 0.25) is 5.91 Å². The molecule has 17 atom stereocenters. The van der Waals surface area contributed by atoms with E-state index in [0.717, 1.165) is 109 Å². The van der Waals surface area contributed by atoms with Crippen LogP contribution in [-0.4, -0.2) is 193 Å². The van der Waals surface area contributed by atoms with E-state index in [1.165, 1.54) is 89.9 Å².